The lowest BCUT2D eigenvalue weighted by molar-refractivity contribution is -0.157. The summed E-state index contributed by atoms with van der Waals surface area (Å²) in [6.07, 6.45) is 1.92. The third kappa shape index (κ3) is 2.67. The fourth-order valence-corrected chi connectivity index (χ4v) is 4.06. The van der Waals surface area contributed by atoms with E-state index in [1.165, 1.54) is 4.90 Å². The SMILES string of the molecule is O=C(Nc1ccc(F)cc1F)NC1CCN2C(=O)C3CCCN3C(=O)C12. The number of carbonyl (C=O) groups excluding carboxylic acids is 3. The van der Waals surface area contributed by atoms with E-state index in [4.69, 9.17) is 0 Å². The standard InChI is InChI=1S/C17H18F2N4O3/c18-9-3-4-11(10(19)8-9)20-17(26)21-12-5-7-23-14(12)16(25)22-6-1-2-13(22)15(23)24/h3-4,8,12-14H,1-2,5-7H2,(H2,20,21,26). The molecular weight excluding hydrogens is 346 g/mol. The fourth-order valence-electron chi connectivity index (χ4n) is 4.06. The van der Waals surface area contributed by atoms with Gasteiger partial charge in [-0.15, -0.1) is 0 Å². The molecule has 1 aromatic rings. The van der Waals surface area contributed by atoms with Crippen molar-refractivity contribution in [2.45, 2.75) is 37.4 Å². The van der Waals surface area contributed by atoms with Crippen LogP contribution in [0.3, 0.4) is 0 Å². The Kier molecular flexibility index (Phi) is 4.01. The van der Waals surface area contributed by atoms with Gasteiger partial charge in [0.15, 0.2) is 0 Å². The lowest BCUT2D eigenvalue weighted by Crippen LogP contribution is -2.64. The van der Waals surface area contributed by atoms with E-state index in [1.807, 2.05) is 0 Å². The Balaban J connectivity index is 1.46. The largest absolute Gasteiger partial charge is 0.332 e. The van der Waals surface area contributed by atoms with E-state index in [0.717, 1.165) is 18.6 Å². The summed E-state index contributed by atoms with van der Waals surface area (Å²) in [7, 11) is 0. The van der Waals surface area contributed by atoms with E-state index in [2.05, 4.69) is 10.6 Å². The molecule has 0 aliphatic carbocycles. The first kappa shape index (κ1) is 16.7. The lowest BCUT2D eigenvalue weighted by Gasteiger charge is -2.40. The van der Waals surface area contributed by atoms with Crippen molar-refractivity contribution in [1.82, 2.24) is 15.1 Å². The summed E-state index contributed by atoms with van der Waals surface area (Å²) < 4.78 is 26.6. The second-order valence-electron chi connectivity index (χ2n) is 6.78. The van der Waals surface area contributed by atoms with E-state index in [1.54, 1.807) is 4.90 Å². The quantitative estimate of drug-likeness (QED) is 0.823. The van der Waals surface area contributed by atoms with E-state index in [0.29, 0.717) is 32.0 Å². The highest BCUT2D eigenvalue weighted by atomic mass is 19.1. The third-order valence-electron chi connectivity index (χ3n) is 5.25. The Labute approximate surface area is 148 Å². The van der Waals surface area contributed by atoms with Gasteiger partial charge >= 0.3 is 6.03 Å². The molecule has 4 amide bonds. The van der Waals surface area contributed by atoms with Crippen molar-refractivity contribution in [3.63, 3.8) is 0 Å². The molecule has 3 atom stereocenters. The van der Waals surface area contributed by atoms with Crippen molar-refractivity contribution in [2.75, 3.05) is 18.4 Å². The number of rotatable bonds is 2. The zero-order valence-corrected chi connectivity index (χ0v) is 13.9. The summed E-state index contributed by atoms with van der Waals surface area (Å²) in [5.41, 5.74) is -0.163. The van der Waals surface area contributed by atoms with Gasteiger partial charge in [-0.05, 0) is 31.4 Å². The van der Waals surface area contributed by atoms with Gasteiger partial charge in [0.05, 0.1) is 11.7 Å². The van der Waals surface area contributed by atoms with Gasteiger partial charge in [-0.3, -0.25) is 9.59 Å². The monoisotopic (exact) mass is 364 g/mol. The first-order valence-corrected chi connectivity index (χ1v) is 8.59. The lowest BCUT2D eigenvalue weighted by atomic mass is 10.0. The van der Waals surface area contributed by atoms with Crippen LogP contribution < -0.4 is 10.6 Å². The highest BCUT2D eigenvalue weighted by molar-refractivity contribution is 5.99. The molecule has 0 spiro atoms. The van der Waals surface area contributed by atoms with E-state index in [9.17, 15) is 23.2 Å². The Morgan fingerprint density at radius 1 is 1.08 bits per heavy atom. The molecule has 3 aliphatic rings. The van der Waals surface area contributed by atoms with Gasteiger partial charge in [-0.25, -0.2) is 13.6 Å². The van der Waals surface area contributed by atoms with E-state index < -0.39 is 29.7 Å². The van der Waals surface area contributed by atoms with Gasteiger partial charge < -0.3 is 20.4 Å². The number of carbonyl (C=O) groups is 3. The van der Waals surface area contributed by atoms with Gasteiger partial charge in [0.1, 0.15) is 23.7 Å². The zero-order chi connectivity index (χ0) is 18.4. The summed E-state index contributed by atoms with van der Waals surface area (Å²) in [4.78, 5) is 40.6. The normalized spacial score (nSPS) is 27.4. The number of nitrogens with one attached hydrogen (secondary N) is 2. The molecule has 138 valence electrons. The first-order valence-electron chi connectivity index (χ1n) is 8.59. The van der Waals surface area contributed by atoms with Crippen LogP contribution in [0.2, 0.25) is 0 Å². The Morgan fingerprint density at radius 3 is 2.65 bits per heavy atom. The van der Waals surface area contributed by atoms with Crippen molar-refractivity contribution in [1.29, 1.82) is 0 Å². The summed E-state index contributed by atoms with van der Waals surface area (Å²) in [6, 6.07) is 0.481. The molecule has 0 saturated carbocycles. The second kappa shape index (κ2) is 6.22. The smallest absolute Gasteiger partial charge is 0.319 e. The van der Waals surface area contributed by atoms with Crippen molar-refractivity contribution in [3.05, 3.63) is 29.8 Å². The average molecular weight is 364 g/mol. The van der Waals surface area contributed by atoms with Crippen LogP contribution in [0.4, 0.5) is 19.3 Å². The number of hydrogen-bond donors (Lipinski definition) is 2. The van der Waals surface area contributed by atoms with Crippen LogP contribution in [0.5, 0.6) is 0 Å². The number of anilines is 1. The van der Waals surface area contributed by atoms with Crippen molar-refractivity contribution in [3.8, 4) is 0 Å². The fraction of sp³-hybridized carbons (Fsp3) is 0.471. The van der Waals surface area contributed by atoms with Gasteiger partial charge in [0, 0.05) is 19.2 Å². The summed E-state index contributed by atoms with van der Waals surface area (Å²) >= 11 is 0. The molecule has 26 heavy (non-hydrogen) atoms. The first-order chi connectivity index (χ1) is 12.5. The number of amides is 4. The molecule has 3 saturated heterocycles. The molecule has 3 unspecified atom stereocenters. The van der Waals surface area contributed by atoms with Crippen molar-refractivity contribution < 1.29 is 23.2 Å². The molecule has 0 bridgehead atoms. The average Bonchev–Trinajstić information content (AvgIpc) is 3.23. The van der Waals surface area contributed by atoms with Crippen LogP contribution in [0.1, 0.15) is 19.3 Å². The number of benzene rings is 1. The van der Waals surface area contributed by atoms with E-state index >= 15 is 0 Å². The highest BCUT2D eigenvalue weighted by Crippen LogP contribution is 2.32. The summed E-state index contributed by atoms with van der Waals surface area (Å²) in [6.45, 7) is 0.953. The van der Waals surface area contributed by atoms with Crippen LogP contribution >= 0.6 is 0 Å². The molecule has 4 rings (SSSR count). The number of hydrogen-bond acceptors (Lipinski definition) is 3. The zero-order valence-electron chi connectivity index (χ0n) is 13.9. The molecule has 1 aromatic carbocycles. The number of fused-ring (bicyclic) bond motifs is 2. The minimum absolute atomic E-state index is 0.0682. The summed E-state index contributed by atoms with van der Waals surface area (Å²) in [5, 5.41) is 4.96. The minimum Gasteiger partial charge on any atom is -0.332 e. The third-order valence-corrected chi connectivity index (χ3v) is 5.25. The van der Waals surface area contributed by atoms with E-state index in [-0.39, 0.29) is 23.5 Å². The molecule has 3 heterocycles. The molecular formula is C17H18F2N4O3. The molecule has 3 fully saturated rings. The maximum atomic E-state index is 13.7. The number of urea groups is 1. The Bertz CT molecular complexity index is 787. The topological polar surface area (TPSA) is 81.8 Å². The molecule has 2 N–H and O–H groups in total. The predicted octanol–water partition coefficient (Wildman–Crippen LogP) is 1.06. The number of nitrogens with zero attached hydrogens (tertiary/aromatic N) is 2. The van der Waals surface area contributed by atoms with Gasteiger partial charge in [0.2, 0.25) is 11.8 Å². The van der Waals surface area contributed by atoms with Crippen LogP contribution in [-0.2, 0) is 9.59 Å². The molecule has 9 heteroatoms. The van der Waals surface area contributed by atoms with Gasteiger partial charge in [-0.2, -0.15) is 0 Å². The van der Waals surface area contributed by atoms with Crippen LogP contribution in [0.25, 0.3) is 0 Å². The molecule has 3 aliphatic heterocycles. The summed E-state index contributed by atoms with van der Waals surface area (Å²) in [5.74, 6) is -1.85. The maximum Gasteiger partial charge on any atom is 0.319 e. The molecule has 0 radical (unpaired) electrons. The Hall–Kier alpha value is -2.71. The van der Waals surface area contributed by atoms with Crippen molar-refractivity contribution in [2.24, 2.45) is 0 Å². The predicted molar refractivity (Wildman–Crippen MR) is 87.2 cm³/mol. The number of halogens is 2. The van der Waals surface area contributed by atoms with Gasteiger partial charge in [-0.1, -0.05) is 0 Å². The Morgan fingerprint density at radius 2 is 1.88 bits per heavy atom. The van der Waals surface area contributed by atoms with Crippen LogP contribution in [0, 0.1) is 11.6 Å². The molecule has 0 aromatic heterocycles. The van der Waals surface area contributed by atoms with Crippen LogP contribution in [-0.4, -0.2) is 58.9 Å². The minimum atomic E-state index is -0.892. The van der Waals surface area contributed by atoms with Crippen molar-refractivity contribution >= 4 is 23.5 Å². The van der Waals surface area contributed by atoms with Gasteiger partial charge in [0.25, 0.3) is 0 Å². The number of piperazine rings is 1. The maximum absolute atomic E-state index is 13.7. The highest BCUT2D eigenvalue weighted by Gasteiger charge is 2.53. The molecule has 7 nitrogen and oxygen atoms in total. The van der Waals surface area contributed by atoms with Crippen LogP contribution in [0.15, 0.2) is 18.2 Å². The second-order valence-corrected chi connectivity index (χ2v) is 6.78.